The van der Waals surface area contributed by atoms with Crippen LogP contribution < -0.4 is 10.1 Å². The minimum atomic E-state index is -1.21. The number of hydrogen-bond acceptors (Lipinski definition) is 2. The van der Waals surface area contributed by atoms with Crippen molar-refractivity contribution in [3.63, 3.8) is 0 Å². The molecule has 1 unspecified atom stereocenters. The van der Waals surface area contributed by atoms with Gasteiger partial charge in [0.05, 0.1) is 13.3 Å². The van der Waals surface area contributed by atoms with Crippen LogP contribution in [0.2, 0.25) is 0 Å². The molecule has 3 nitrogen and oxygen atoms in total. The van der Waals surface area contributed by atoms with E-state index < -0.39 is 7.26 Å². The minimum absolute atomic E-state index is 0. The Labute approximate surface area is 161 Å². The summed E-state index contributed by atoms with van der Waals surface area (Å²) in [5.41, 5.74) is 3.14. The molecule has 0 aliphatic carbocycles. The van der Waals surface area contributed by atoms with Crippen molar-refractivity contribution in [1.82, 2.24) is 0 Å². The number of ether oxygens (including phenoxy) is 1. The van der Waals surface area contributed by atoms with Crippen molar-refractivity contribution in [3.8, 4) is 5.75 Å². The summed E-state index contributed by atoms with van der Waals surface area (Å²) < 4.78 is 5.27. The van der Waals surface area contributed by atoms with E-state index in [1.54, 1.807) is 7.11 Å². The zero-order valence-electron chi connectivity index (χ0n) is 15.0. The monoisotopic (exact) mass is 399 g/mol. The number of nitrogens with one attached hydrogen (secondary N) is 1. The van der Waals surface area contributed by atoms with Crippen molar-refractivity contribution in [2.45, 2.75) is 39.8 Å². The first kappa shape index (κ1) is 22.0. The van der Waals surface area contributed by atoms with Crippen molar-refractivity contribution >= 4 is 18.9 Å². The molecule has 1 aromatic carbocycles. The van der Waals surface area contributed by atoms with Gasteiger partial charge >= 0.3 is 0 Å². The van der Waals surface area contributed by atoms with Gasteiger partial charge in [0.25, 0.3) is 5.91 Å². The predicted octanol–water partition coefficient (Wildman–Crippen LogP) is 4.32. The molecule has 1 amide bonds. The maximum absolute atomic E-state index is 12.7. The summed E-state index contributed by atoms with van der Waals surface area (Å²) in [6.45, 7) is 12.9. The third kappa shape index (κ3) is 5.29. The van der Waals surface area contributed by atoms with Crippen LogP contribution in [0.4, 0.5) is 5.69 Å². The van der Waals surface area contributed by atoms with Gasteiger partial charge in [-0.3, -0.25) is 4.79 Å². The van der Waals surface area contributed by atoms with E-state index in [-0.39, 0.29) is 44.3 Å². The Balaban J connectivity index is 0.00000441. The number of carbonyl (C=O) groups is 1. The van der Waals surface area contributed by atoms with Gasteiger partial charge in [0.15, 0.2) is 0 Å². The topological polar surface area (TPSA) is 38.3 Å². The van der Waals surface area contributed by atoms with Gasteiger partial charge in [-0.2, -0.15) is 0 Å². The second kappa shape index (κ2) is 9.35. The van der Waals surface area contributed by atoms with Crippen molar-refractivity contribution in [3.05, 3.63) is 23.3 Å². The molecule has 0 heterocycles. The van der Waals surface area contributed by atoms with Gasteiger partial charge in [-0.15, -0.1) is 0 Å². The van der Waals surface area contributed by atoms with E-state index in [0.29, 0.717) is 0 Å². The second-order valence-corrected chi connectivity index (χ2v) is 11.0. The Kier molecular flexibility index (Phi) is 9.36. The summed E-state index contributed by atoms with van der Waals surface area (Å²) in [5.74, 6) is 0.991. The summed E-state index contributed by atoms with van der Waals surface area (Å²) in [4.78, 5) is 12.7. The number of rotatable bonds is 6. The molecular weight excluding hydrogens is 370 g/mol. The molecule has 0 aliphatic heterocycles. The zero-order valence-corrected chi connectivity index (χ0v) is 18.7. The van der Waals surface area contributed by atoms with Crippen LogP contribution in [0.25, 0.3) is 0 Å². The van der Waals surface area contributed by atoms with E-state index in [9.17, 15) is 4.79 Å². The average Bonchev–Trinajstić information content (AvgIpc) is 2.43. The third-order valence-corrected chi connectivity index (χ3v) is 8.26. The Hall–Kier alpha value is 0.0239. The van der Waals surface area contributed by atoms with Crippen molar-refractivity contribution < 1.29 is 42.2 Å². The molecule has 0 saturated carbocycles. The molecule has 1 radical (unpaired) electrons. The van der Waals surface area contributed by atoms with Crippen LogP contribution in [0.5, 0.6) is 5.75 Å². The van der Waals surface area contributed by atoms with E-state index in [1.165, 1.54) is 0 Å². The SMILES string of the molecule is CCC(C(=O)Nc1c(C)cc(OC)cc1C)[P+](C)(C)CC.[Y]. The van der Waals surface area contributed by atoms with E-state index in [1.807, 2.05) is 26.0 Å². The number of hydrogen-bond donors (Lipinski definition) is 1. The van der Waals surface area contributed by atoms with E-state index in [4.69, 9.17) is 4.74 Å². The van der Waals surface area contributed by atoms with Gasteiger partial charge in [-0.25, -0.2) is 0 Å². The van der Waals surface area contributed by atoms with E-state index in [2.05, 4.69) is 32.5 Å². The van der Waals surface area contributed by atoms with Gasteiger partial charge in [-0.1, -0.05) is 6.92 Å². The predicted molar refractivity (Wildman–Crippen MR) is 94.5 cm³/mol. The first-order valence-corrected chi connectivity index (χ1v) is 10.5. The van der Waals surface area contributed by atoms with Gasteiger partial charge in [-0.05, 0) is 50.5 Å². The zero-order chi connectivity index (χ0) is 16.2. The van der Waals surface area contributed by atoms with Crippen LogP contribution in [0.15, 0.2) is 12.1 Å². The largest absolute Gasteiger partial charge is 0.497 e. The van der Waals surface area contributed by atoms with Crippen molar-refractivity contribution in [2.24, 2.45) is 0 Å². The first-order chi connectivity index (χ1) is 9.76. The number of benzene rings is 1. The van der Waals surface area contributed by atoms with E-state index in [0.717, 1.165) is 35.1 Å². The van der Waals surface area contributed by atoms with Crippen LogP contribution in [0, 0.1) is 13.8 Å². The summed E-state index contributed by atoms with van der Waals surface area (Å²) in [6, 6.07) is 3.92. The van der Waals surface area contributed by atoms with Crippen LogP contribution in [0.3, 0.4) is 0 Å². The van der Waals surface area contributed by atoms with Crippen LogP contribution in [-0.2, 0) is 37.5 Å². The van der Waals surface area contributed by atoms with Crippen LogP contribution >= 0.6 is 7.26 Å². The maximum Gasteiger partial charge on any atom is 0.265 e. The van der Waals surface area contributed by atoms with Gasteiger partial charge in [0, 0.05) is 59.0 Å². The molecule has 0 fully saturated rings. The molecule has 0 saturated heterocycles. The minimum Gasteiger partial charge on any atom is -0.497 e. The molecule has 22 heavy (non-hydrogen) atoms. The maximum atomic E-state index is 12.7. The quantitative estimate of drug-likeness (QED) is 0.724. The molecule has 1 atom stereocenters. The van der Waals surface area contributed by atoms with Crippen LogP contribution in [0.1, 0.15) is 31.4 Å². The van der Waals surface area contributed by atoms with Crippen molar-refractivity contribution in [2.75, 3.05) is 31.9 Å². The number of carbonyl (C=O) groups excluding carboxylic acids is 1. The summed E-state index contributed by atoms with van der Waals surface area (Å²) in [7, 11) is 0.452. The second-order valence-electron chi connectivity index (χ2n) is 6.14. The van der Waals surface area contributed by atoms with Gasteiger partial charge in [0.2, 0.25) is 0 Å². The Morgan fingerprint density at radius 1 is 1.23 bits per heavy atom. The number of methoxy groups -OCH3 is 1. The molecular formula is C17H29NO2PY+. The first-order valence-electron chi connectivity index (χ1n) is 7.55. The molecule has 5 heteroatoms. The third-order valence-electron chi connectivity index (χ3n) is 4.34. The Morgan fingerprint density at radius 3 is 2.09 bits per heavy atom. The molecule has 1 aromatic rings. The molecule has 0 aliphatic rings. The molecule has 121 valence electrons. The molecule has 1 rings (SSSR count). The standard InChI is InChI=1S/C17H28NO2P.Y/c1-8-15(21(6,7)9-2)17(19)18-16-12(3)10-14(20-5)11-13(16)4;/h10-11,15H,8-9H2,1-7H3;/p+1. The molecule has 1 N–H and O–H groups in total. The Morgan fingerprint density at radius 2 is 1.73 bits per heavy atom. The number of aryl methyl sites for hydroxylation is 2. The number of anilines is 1. The smallest absolute Gasteiger partial charge is 0.265 e. The van der Waals surface area contributed by atoms with Crippen molar-refractivity contribution in [1.29, 1.82) is 0 Å². The summed E-state index contributed by atoms with van der Waals surface area (Å²) in [5, 5.41) is 3.15. The molecule has 0 spiro atoms. The van der Waals surface area contributed by atoms with Gasteiger partial charge < -0.3 is 10.1 Å². The summed E-state index contributed by atoms with van der Waals surface area (Å²) >= 11 is 0. The van der Waals surface area contributed by atoms with Crippen LogP contribution in [-0.4, -0.2) is 38.2 Å². The number of amides is 1. The Bertz CT molecular complexity index is 494. The summed E-state index contributed by atoms with van der Waals surface area (Å²) in [6.07, 6.45) is 1.99. The fraction of sp³-hybridized carbons (Fsp3) is 0.588. The fourth-order valence-corrected chi connectivity index (χ4v) is 4.79. The van der Waals surface area contributed by atoms with Gasteiger partial charge in [0.1, 0.15) is 11.4 Å². The molecule has 0 bridgehead atoms. The average molecular weight is 399 g/mol. The fourth-order valence-electron chi connectivity index (χ4n) is 2.66. The van der Waals surface area contributed by atoms with E-state index >= 15 is 0 Å². The molecule has 0 aromatic heterocycles. The normalized spacial score (nSPS) is 12.3.